The first-order valence-electron chi connectivity index (χ1n) is 7.53. The number of ether oxygens (including phenoxy) is 2. The summed E-state index contributed by atoms with van der Waals surface area (Å²) in [6, 6.07) is 0. The van der Waals surface area contributed by atoms with Crippen LogP contribution in [0.5, 0.6) is 0 Å². The molecule has 6 nitrogen and oxygen atoms in total. The van der Waals surface area contributed by atoms with E-state index in [0.717, 1.165) is 65.2 Å². The maximum absolute atomic E-state index is 10.4. The molecule has 1 aliphatic rings. The number of nitrogens with zero attached hydrogens (tertiary/aromatic N) is 2. The predicted molar refractivity (Wildman–Crippen MR) is 78.6 cm³/mol. The normalized spacial score (nSPS) is 17.4. The van der Waals surface area contributed by atoms with Gasteiger partial charge in [0.05, 0.1) is 6.61 Å². The molecule has 0 bridgehead atoms. The summed E-state index contributed by atoms with van der Waals surface area (Å²) in [6.07, 6.45) is 3.06. The molecule has 0 aromatic heterocycles. The molecule has 0 aliphatic carbocycles. The number of amides is 1. The fraction of sp³-hybridized carbons (Fsp3) is 0.929. The molecule has 1 saturated heterocycles. The lowest BCUT2D eigenvalue weighted by Crippen LogP contribution is -2.45. The number of carbonyl (C=O) groups excluding carboxylic acids is 1. The van der Waals surface area contributed by atoms with Crippen LogP contribution in [0.4, 0.5) is 0 Å². The lowest BCUT2D eigenvalue weighted by molar-refractivity contribution is -0.122. The van der Waals surface area contributed by atoms with Gasteiger partial charge in [0.1, 0.15) is 6.61 Å². The molecule has 1 heterocycles. The molecule has 0 spiro atoms. The molecule has 1 fully saturated rings. The first kappa shape index (κ1) is 17.4. The number of nitrogens with two attached hydrogens (primary N) is 1. The van der Waals surface area contributed by atoms with Crippen molar-refractivity contribution >= 4 is 5.91 Å². The van der Waals surface area contributed by atoms with Gasteiger partial charge in [0.15, 0.2) is 0 Å². The standard InChI is InChI=1S/C14H29N3O3/c1-16-5-7-17(8-6-16)9-12-19-10-3-2-4-11-20-13-14(15)18/h2-13H2,1H3,(H2,15,18). The molecule has 1 aliphatic heterocycles. The Morgan fingerprint density at radius 1 is 1.00 bits per heavy atom. The van der Waals surface area contributed by atoms with Gasteiger partial charge in [0, 0.05) is 45.9 Å². The topological polar surface area (TPSA) is 68.0 Å². The summed E-state index contributed by atoms with van der Waals surface area (Å²) in [5.74, 6) is -0.405. The Bertz CT molecular complexity index is 256. The van der Waals surface area contributed by atoms with Crippen molar-refractivity contribution in [2.24, 2.45) is 5.73 Å². The first-order valence-corrected chi connectivity index (χ1v) is 7.53. The number of carbonyl (C=O) groups is 1. The van der Waals surface area contributed by atoms with Gasteiger partial charge in [0.25, 0.3) is 0 Å². The Morgan fingerprint density at radius 3 is 2.30 bits per heavy atom. The van der Waals surface area contributed by atoms with Crippen molar-refractivity contribution in [2.75, 3.05) is 66.2 Å². The number of rotatable bonds is 11. The molecule has 0 radical (unpaired) electrons. The average Bonchev–Trinajstić information content (AvgIpc) is 2.42. The molecule has 20 heavy (non-hydrogen) atoms. The largest absolute Gasteiger partial charge is 0.380 e. The number of hydrogen-bond acceptors (Lipinski definition) is 5. The zero-order valence-corrected chi connectivity index (χ0v) is 12.7. The quantitative estimate of drug-likeness (QED) is 0.539. The van der Waals surface area contributed by atoms with Crippen LogP contribution in [-0.4, -0.2) is 81.9 Å². The lowest BCUT2D eigenvalue weighted by Gasteiger charge is -2.32. The predicted octanol–water partition coefficient (Wildman–Crippen LogP) is -0.0774. The van der Waals surface area contributed by atoms with Gasteiger partial charge in [-0.1, -0.05) is 0 Å². The van der Waals surface area contributed by atoms with Crippen LogP contribution in [0.1, 0.15) is 19.3 Å². The van der Waals surface area contributed by atoms with Gasteiger partial charge >= 0.3 is 0 Å². The van der Waals surface area contributed by atoms with E-state index in [1.165, 1.54) is 0 Å². The minimum atomic E-state index is -0.405. The van der Waals surface area contributed by atoms with Crippen molar-refractivity contribution in [3.8, 4) is 0 Å². The highest BCUT2D eigenvalue weighted by Crippen LogP contribution is 2.00. The highest BCUT2D eigenvalue weighted by molar-refractivity contribution is 5.74. The van der Waals surface area contributed by atoms with E-state index in [9.17, 15) is 4.79 Å². The van der Waals surface area contributed by atoms with E-state index >= 15 is 0 Å². The highest BCUT2D eigenvalue weighted by Gasteiger charge is 2.12. The van der Waals surface area contributed by atoms with Crippen molar-refractivity contribution in [3.05, 3.63) is 0 Å². The van der Waals surface area contributed by atoms with E-state index in [1.807, 2.05) is 0 Å². The van der Waals surface area contributed by atoms with Crippen LogP contribution in [-0.2, 0) is 14.3 Å². The summed E-state index contributed by atoms with van der Waals surface area (Å²) in [7, 11) is 2.17. The van der Waals surface area contributed by atoms with E-state index < -0.39 is 5.91 Å². The smallest absolute Gasteiger partial charge is 0.243 e. The molecule has 0 saturated carbocycles. The third-order valence-electron chi connectivity index (χ3n) is 3.47. The van der Waals surface area contributed by atoms with Gasteiger partial charge in [-0.3, -0.25) is 9.69 Å². The van der Waals surface area contributed by atoms with E-state index in [1.54, 1.807) is 0 Å². The summed E-state index contributed by atoms with van der Waals surface area (Å²) in [6.45, 7) is 7.91. The summed E-state index contributed by atoms with van der Waals surface area (Å²) in [5, 5.41) is 0. The minimum absolute atomic E-state index is 0.0293. The van der Waals surface area contributed by atoms with E-state index in [-0.39, 0.29) is 6.61 Å². The van der Waals surface area contributed by atoms with Gasteiger partial charge in [-0.15, -0.1) is 0 Å². The average molecular weight is 287 g/mol. The lowest BCUT2D eigenvalue weighted by atomic mass is 10.2. The van der Waals surface area contributed by atoms with Crippen LogP contribution in [0, 0.1) is 0 Å². The van der Waals surface area contributed by atoms with Crippen LogP contribution in [0.2, 0.25) is 0 Å². The van der Waals surface area contributed by atoms with Crippen LogP contribution < -0.4 is 5.73 Å². The zero-order valence-electron chi connectivity index (χ0n) is 12.7. The minimum Gasteiger partial charge on any atom is -0.380 e. The fourth-order valence-electron chi connectivity index (χ4n) is 2.12. The molecule has 1 rings (SSSR count). The van der Waals surface area contributed by atoms with Gasteiger partial charge in [-0.25, -0.2) is 0 Å². The molecule has 2 N–H and O–H groups in total. The van der Waals surface area contributed by atoms with Crippen molar-refractivity contribution in [2.45, 2.75) is 19.3 Å². The van der Waals surface area contributed by atoms with Crippen molar-refractivity contribution in [1.29, 1.82) is 0 Å². The maximum Gasteiger partial charge on any atom is 0.243 e. The van der Waals surface area contributed by atoms with Crippen LogP contribution in [0.3, 0.4) is 0 Å². The van der Waals surface area contributed by atoms with Crippen LogP contribution in [0.15, 0.2) is 0 Å². The Balaban J connectivity index is 1.77. The Kier molecular flexibility index (Phi) is 9.57. The van der Waals surface area contributed by atoms with Gasteiger partial charge < -0.3 is 20.1 Å². The number of hydrogen-bond donors (Lipinski definition) is 1. The van der Waals surface area contributed by atoms with Gasteiger partial charge in [-0.05, 0) is 26.3 Å². The third-order valence-corrected chi connectivity index (χ3v) is 3.47. The van der Waals surface area contributed by atoms with Crippen LogP contribution >= 0.6 is 0 Å². The summed E-state index contributed by atoms with van der Waals surface area (Å²) in [4.78, 5) is 15.2. The van der Waals surface area contributed by atoms with Crippen molar-refractivity contribution in [3.63, 3.8) is 0 Å². The van der Waals surface area contributed by atoms with Crippen molar-refractivity contribution < 1.29 is 14.3 Å². The Morgan fingerprint density at radius 2 is 1.65 bits per heavy atom. The molecule has 6 heteroatoms. The zero-order chi connectivity index (χ0) is 14.6. The molecule has 0 aromatic carbocycles. The molecule has 1 amide bonds. The second-order valence-corrected chi connectivity index (χ2v) is 5.34. The fourth-order valence-corrected chi connectivity index (χ4v) is 2.12. The maximum atomic E-state index is 10.4. The van der Waals surface area contributed by atoms with Gasteiger partial charge in [-0.2, -0.15) is 0 Å². The second kappa shape index (κ2) is 11.0. The number of piperazine rings is 1. The summed E-state index contributed by atoms with van der Waals surface area (Å²) < 4.78 is 10.7. The van der Waals surface area contributed by atoms with Crippen molar-refractivity contribution in [1.82, 2.24) is 9.80 Å². The summed E-state index contributed by atoms with van der Waals surface area (Å²) >= 11 is 0. The molecule has 0 aromatic rings. The van der Waals surface area contributed by atoms with E-state index in [4.69, 9.17) is 15.2 Å². The third kappa shape index (κ3) is 9.25. The monoisotopic (exact) mass is 287 g/mol. The van der Waals surface area contributed by atoms with E-state index in [2.05, 4.69) is 16.8 Å². The number of primary amides is 1. The van der Waals surface area contributed by atoms with Gasteiger partial charge in [0.2, 0.25) is 5.91 Å². The molecule has 118 valence electrons. The highest BCUT2D eigenvalue weighted by atomic mass is 16.5. The molecule has 0 atom stereocenters. The SMILES string of the molecule is CN1CCN(CCOCCCCCOCC(N)=O)CC1. The Hall–Kier alpha value is -0.690. The summed E-state index contributed by atoms with van der Waals surface area (Å²) in [5.41, 5.74) is 4.97. The Labute approximate surface area is 122 Å². The number of unbranched alkanes of at least 4 members (excludes halogenated alkanes) is 2. The molecular formula is C14H29N3O3. The van der Waals surface area contributed by atoms with Crippen LogP contribution in [0.25, 0.3) is 0 Å². The number of likely N-dealkylation sites (N-methyl/N-ethyl adjacent to an activating group) is 1. The van der Waals surface area contributed by atoms with E-state index in [0.29, 0.717) is 6.61 Å². The first-order chi connectivity index (χ1) is 9.68. The molecular weight excluding hydrogens is 258 g/mol. The molecule has 0 unspecified atom stereocenters. The second-order valence-electron chi connectivity index (χ2n) is 5.34.